The molecule has 0 bridgehead atoms. The van der Waals surface area contributed by atoms with Crippen LogP contribution in [0.25, 0.3) is 0 Å². The monoisotopic (exact) mass is 243 g/mol. The molecule has 0 aliphatic heterocycles. The first-order valence-electron chi connectivity index (χ1n) is 6.37. The highest BCUT2D eigenvalue weighted by atomic mass is 16.2. The van der Waals surface area contributed by atoms with E-state index < -0.39 is 6.04 Å². The Morgan fingerprint density at radius 3 is 2.35 bits per heavy atom. The average molecular weight is 243 g/mol. The van der Waals surface area contributed by atoms with E-state index in [9.17, 15) is 4.79 Å². The number of carbonyl (C=O) groups is 1. The summed E-state index contributed by atoms with van der Waals surface area (Å²) in [6.07, 6.45) is 0.926. The highest BCUT2D eigenvalue weighted by Crippen LogP contribution is 2.14. The molecule has 2 atom stereocenters. The lowest BCUT2D eigenvalue weighted by Gasteiger charge is -2.29. The fourth-order valence-electron chi connectivity index (χ4n) is 1.87. The Morgan fingerprint density at radius 1 is 1.41 bits per heavy atom. The largest absolute Gasteiger partial charge is 0.354 e. The van der Waals surface area contributed by atoms with E-state index in [0.717, 1.165) is 13.0 Å². The molecular formula is C13H29N3O. The van der Waals surface area contributed by atoms with Crippen LogP contribution in [-0.2, 0) is 4.79 Å². The number of amides is 1. The van der Waals surface area contributed by atoms with Crippen molar-refractivity contribution in [2.24, 2.45) is 17.1 Å². The van der Waals surface area contributed by atoms with E-state index in [2.05, 4.69) is 24.1 Å². The van der Waals surface area contributed by atoms with E-state index in [0.29, 0.717) is 6.54 Å². The summed E-state index contributed by atoms with van der Waals surface area (Å²) in [5, 5.41) is 2.95. The molecule has 0 aliphatic rings. The molecule has 0 aromatic heterocycles. The van der Waals surface area contributed by atoms with Gasteiger partial charge in [-0.25, -0.2) is 0 Å². The Bertz CT molecular complexity index is 239. The third-order valence-corrected chi connectivity index (χ3v) is 3.05. The molecule has 0 aromatic carbocycles. The van der Waals surface area contributed by atoms with Crippen LogP contribution < -0.4 is 11.1 Å². The molecule has 4 heteroatoms. The van der Waals surface area contributed by atoms with Gasteiger partial charge in [-0.05, 0) is 25.4 Å². The molecule has 0 heterocycles. The zero-order valence-electron chi connectivity index (χ0n) is 12.2. The zero-order chi connectivity index (χ0) is 13.6. The molecule has 0 aliphatic carbocycles. The predicted octanol–water partition coefficient (Wildman–Crippen LogP) is 1.06. The summed E-state index contributed by atoms with van der Waals surface area (Å²) in [5.74, 6) is 0.193. The van der Waals surface area contributed by atoms with Crippen LogP contribution in [0.1, 0.15) is 34.1 Å². The molecule has 3 N–H and O–H groups in total. The van der Waals surface area contributed by atoms with Gasteiger partial charge in [-0.1, -0.05) is 34.1 Å². The minimum atomic E-state index is -0.393. The van der Waals surface area contributed by atoms with Gasteiger partial charge in [0.05, 0.1) is 6.04 Å². The fraction of sp³-hybridized carbons (Fsp3) is 0.923. The number of nitrogens with one attached hydrogen (secondary N) is 1. The van der Waals surface area contributed by atoms with Gasteiger partial charge >= 0.3 is 0 Å². The minimum absolute atomic E-state index is 0.0359. The average Bonchev–Trinajstić information content (AvgIpc) is 2.22. The minimum Gasteiger partial charge on any atom is -0.354 e. The van der Waals surface area contributed by atoms with Crippen molar-refractivity contribution < 1.29 is 4.79 Å². The predicted molar refractivity (Wildman–Crippen MR) is 72.8 cm³/mol. The van der Waals surface area contributed by atoms with Crippen molar-refractivity contribution in [3.63, 3.8) is 0 Å². The van der Waals surface area contributed by atoms with Crippen molar-refractivity contribution in [3.8, 4) is 0 Å². The number of carbonyl (C=O) groups excluding carboxylic acids is 1. The van der Waals surface area contributed by atoms with Gasteiger partial charge in [0.2, 0.25) is 5.91 Å². The van der Waals surface area contributed by atoms with Crippen LogP contribution in [0.3, 0.4) is 0 Å². The molecule has 0 saturated heterocycles. The third-order valence-electron chi connectivity index (χ3n) is 3.05. The van der Waals surface area contributed by atoms with Crippen LogP contribution in [0.4, 0.5) is 0 Å². The molecule has 0 unspecified atom stereocenters. The maximum atomic E-state index is 11.8. The first kappa shape index (κ1) is 16.4. The van der Waals surface area contributed by atoms with Crippen molar-refractivity contribution in [1.29, 1.82) is 0 Å². The lowest BCUT2D eigenvalue weighted by molar-refractivity contribution is -0.123. The molecule has 17 heavy (non-hydrogen) atoms. The van der Waals surface area contributed by atoms with Gasteiger partial charge in [0, 0.05) is 13.1 Å². The van der Waals surface area contributed by atoms with E-state index in [1.807, 2.05) is 27.9 Å². The smallest absolute Gasteiger partial charge is 0.237 e. The molecular weight excluding hydrogens is 214 g/mol. The van der Waals surface area contributed by atoms with Crippen LogP contribution >= 0.6 is 0 Å². The first-order valence-corrected chi connectivity index (χ1v) is 6.37. The van der Waals surface area contributed by atoms with E-state index in [4.69, 9.17) is 5.73 Å². The maximum Gasteiger partial charge on any atom is 0.237 e. The standard InChI is InChI=1S/C13H29N3O/c1-7-10(2)11(14)12(17)15-8-13(3,4)9-16(5)6/h10-11H,7-9,14H2,1-6H3,(H,15,17)/t10-,11-/m0/s1. The number of nitrogens with two attached hydrogens (primary N) is 1. The quantitative estimate of drug-likeness (QED) is 0.703. The molecule has 0 radical (unpaired) electrons. The van der Waals surface area contributed by atoms with Gasteiger partial charge < -0.3 is 16.0 Å². The Hall–Kier alpha value is -0.610. The van der Waals surface area contributed by atoms with Gasteiger partial charge in [0.25, 0.3) is 0 Å². The second-order valence-electron chi connectivity index (χ2n) is 6.03. The van der Waals surface area contributed by atoms with Gasteiger partial charge in [-0.3, -0.25) is 4.79 Å². The first-order chi connectivity index (χ1) is 7.69. The lowest BCUT2D eigenvalue weighted by Crippen LogP contribution is -2.48. The van der Waals surface area contributed by atoms with Crippen molar-refractivity contribution in [2.45, 2.75) is 40.2 Å². The van der Waals surface area contributed by atoms with Crippen LogP contribution in [0.2, 0.25) is 0 Å². The number of rotatable bonds is 7. The summed E-state index contributed by atoms with van der Waals surface area (Å²) in [5.41, 5.74) is 5.94. The fourth-order valence-corrected chi connectivity index (χ4v) is 1.87. The van der Waals surface area contributed by atoms with Gasteiger partial charge in [-0.2, -0.15) is 0 Å². The molecule has 4 nitrogen and oxygen atoms in total. The molecule has 0 spiro atoms. The van der Waals surface area contributed by atoms with Gasteiger partial charge in [0.1, 0.15) is 0 Å². The Balaban J connectivity index is 4.15. The Labute approximate surface area is 106 Å². The molecule has 0 saturated carbocycles. The molecule has 102 valence electrons. The van der Waals surface area contributed by atoms with Crippen molar-refractivity contribution >= 4 is 5.91 Å². The van der Waals surface area contributed by atoms with Crippen LogP contribution in [-0.4, -0.2) is 44.0 Å². The zero-order valence-corrected chi connectivity index (χ0v) is 12.2. The highest BCUT2D eigenvalue weighted by molar-refractivity contribution is 5.81. The SMILES string of the molecule is CC[C@H](C)[C@H](N)C(=O)NCC(C)(C)CN(C)C. The van der Waals surface area contributed by atoms with E-state index in [-0.39, 0.29) is 17.2 Å². The molecule has 0 rings (SSSR count). The topological polar surface area (TPSA) is 58.4 Å². The summed E-state index contributed by atoms with van der Waals surface area (Å²) in [4.78, 5) is 14.0. The summed E-state index contributed by atoms with van der Waals surface area (Å²) < 4.78 is 0. The molecule has 0 aromatic rings. The molecule has 0 fully saturated rings. The third kappa shape index (κ3) is 6.64. The second-order valence-corrected chi connectivity index (χ2v) is 6.03. The Kier molecular flexibility index (Phi) is 6.72. The van der Waals surface area contributed by atoms with Crippen molar-refractivity contribution in [3.05, 3.63) is 0 Å². The lowest BCUT2D eigenvalue weighted by atomic mass is 9.92. The number of hydrogen-bond donors (Lipinski definition) is 2. The van der Waals surface area contributed by atoms with Crippen molar-refractivity contribution in [2.75, 3.05) is 27.2 Å². The van der Waals surface area contributed by atoms with Crippen LogP contribution in [0.5, 0.6) is 0 Å². The van der Waals surface area contributed by atoms with E-state index >= 15 is 0 Å². The number of hydrogen-bond acceptors (Lipinski definition) is 3. The maximum absolute atomic E-state index is 11.8. The van der Waals surface area contributed by atoms with E-state index in [1.54, 1.807) is 0 Å². The summed E-state index contributed by atoms with van der Waals surface area (Å²) in [6.45, 7) is 9.94. The normalized spacial score (nSPS) is 15.8. The number of nitrogens with zero attached hydrogens (tertiary/aromatic N) is 1. The summed E-state index contributed by atoms with van der Waals surface area (Å²) in [6, 6.07) is -0.393. The van der Waals surface area contributed by atoms with E-state index in [1.165, 1.54) is 0 Å². The summed E-state index contributed by atoms with van der Waals surface area (Å²) >= 11 is 0. The molecule has 1 amide bonds. The van der Waals surface area contributed by atoms with Gasteiger partial charge in [-0.15, -0.1) is 0 Å². The summed E-state index contributed by atoms with van der Waals surface area (Å²) in [7, 11) is 4.07. The van der Waals surface area contributed by atoms with Crippen LogP contribution in [0, 0.1) is 11.3 Å². The van der Waals surface area contributed by atoms with Gasteiger partial charge in [0.15, 0.2) is 0 Å². The Morgan fingerprint density at radius 2 is 1.94 bits per heavy atom. The highest BCUT2D eigenvalue weighted by Gasteiger charge is 2.23. The van der Waals surface area contributed by atoms with Crippen LogP contribution in [0.15, 0.2) is 0 Å². The van der Waals surface area contributed by atoms with Crippen molar-refractivity contribution in [1.82, 2.24) is 10.2 Å². The second kappa shape index (κ2) is 6.97.